The van der Waals surface area contributed by atoms with Crippen molar-refractivity contribution in [3.63, 3.8) is 0 Å². The van der Waals surface area contributed by atoms with Crippen LogP contribution in [0.3, 0.4) is 0 Å². The molecule has 24 heavy (non-hydrogen) atoms. The van der Waals surface area contributed by atoms with E-state index >= 15 is 0 Å². The van der Waals surface area contributed by atoms with Crippen molar-refractivity contribution in [1.82, 2.24) is 5.32 Å². The van der Waals surface area contributed by atoms with Gasteiger partial charge in [-0.1, -0.05) is 45.2 Å². The molecule has 1 fully saturated rings. The van der Waals surface area contributed by atoms with Crippen LogP contribution in [0.15, 0.2) is 12.1 Å². The maximum atomic E-state index is 10.2. The first-order valence-corrected chi connectivity index (χ1v) is 9.11. The van der Waals surface area contributed by atoms with Crippen LogP contribution in [0, 0.1) is 0 Å². The fourth-order valence-corrected chi connectivity index (χ4v) is 3.33. The van der Waals surface area contributed by atoms with Crippen LogP contribution in [0.2, 0.25) is 5.02 Å². The molecule has 1 unspecified atom stereocenters. The number of benzene rings is 1. The SMILES string of the molecule is COc1cc(Cl)c(OCC(O)CNC2CCCC2)c(C(C)(C)C)c1. The molecule has 0 saturated heterocycles. The average Bonchev–Trinajstić information content (AvgIpc) is 3.03. The van der Waals surface area contributed by atoms with E-state index in [0.717, 1.165) is 5.56 Å². The van der Waals surface area contributed by atoms with E-state index in [1.54, 1.807) is 13.2 Å². The Balaban J connectivity index is 2.00. The van der Waals surface area contributed by atoms with Crippen molar-refractivity contribution in [3.8, 4) is 11.5 Å². The van der Waals surface area contributed by atoms with Gasteiger partial charge >= 0.3 is 0 Å². The van der Waals surface area contributed by atoms with Crippen molar-refractivity contribution in [2.45, 2.75) is 64.0 Å². The number of ether oxygens (including phenoxy) is 2. The fourth-order valence-electron chi connectivity index (χ4n) is 3.06. The molecule has 2 rings (SSSR count). The van der Waals surface area contributed by atoms with Crippen molar-refractivity contribution in [1.29, 1.82) is 0 Å². The lowest BCUT2D eigenvalue weighted by atomic mass is 9.86. The first kappa shape index (κ1) is 19.4. The van der Waals surface area contributed by atoms with Crippen LogP contribution in [-0.4, -0.2) is 37.5 Å². The minimum atomic E-state index is -0.559. The highest BCUT2D eigenvalue weighted by Gasteiger charge is 2.23. The predicted octanol–water partition coefficient (Wildman–Crippen LogP) is 3.92. The summed E-state index contributed by atoms with van der Waals surface area (Å²) in [5.74, 6) is 1.34. The fraction of sp³-hybridized carbons (Fsp3) is 0.684. The number of aliphatic hydroxyl groups excluding tert-OH is 1. The number of rotatable bonds is 7. The second-order valence-electron chi connectivity index (χ2n) is 7.59. The molecule has 0 spiro atoms. The van der Waals surface area contributed by atoms with Gasteiger partial charge in [0.15, 0.2) is 0 Å². The molecular formula is C19H30ClNO3. The molecule has 0 bridgehead atoms. The summed E-state index contributed by atoms with van der Waals surface area (Å²) in [4.78, 5) is 0. The number of methoxy groups -OCH3 is 1. The molecule has 4 nitrogen and oxygen atoms in total. The average molecular weight is 356 g/mol. The monoisotopic (exact) mass is 355 g/mol. The smallest absolute Gasteiger partial charge is 0.142 e. The Bertz CT molecular complexity index is 536. The highest BCUT2D eigenvalue weighted by molar-refractivity contribution is 6.32. The van der Waals surface area contributed by atoms with Crippen LogP contribution in [0.4, 0.5) is 0 Å². The van der Waals surface area contributed by atoms with E-state index < -0.39 is 6.10 Å². The molecule has 0 aliphatic heterocycles. The second-order valence-corrected chi connectivity index (χ2v) is 8.00. The lowest BCUT2D eigenvalue weighted by Gasteiger charge is -2.25. The van der Waals surface area contributed by atoms with Crippen molar-refractivity contribution in [3.05, 3.63) is 22.7 Å². The second kappa shape index (κ2) is 8.41. The quantitative estimate of drug-likeness (QED) is 0.778. The first-order chi connectivity index (χ1) is 11.3. The van der Waals surface area contributed by atoms with E-state index in [1.165, 1.54) is 25.7 Å². The number of hydrogen-bond donors (Lipinski definition) is 2. The van der Waals surface area contributed by atoms with Gasteiger partial charge in [0.25, 0.3) is 0 Å². The van der Waals surface area contributed by atoms with Gasteiger partial charge in [0.05, 0.1) is 12.1 Å². The topological polar surface area (TPSA) is 50.7 Å². The van der Waals surface area contributed by atoms with Crippen LogP contribution in [0.1, 0.15) is 52.0 Å². The molecule has 5 heteroatoms. The van der Waals surface area contributed by atoms with Gasteiger partial charge in [0.1, 0.15) is 24.2 Å². The Labute approximate surface area is 150 Å². The number of hydrogen-bond acceptors (Lipinski definition) is 4. The molecule has 0 radical (unpaired) electrons. The minimum absolute atomic E-state index is 0.138. The van der Waals surface area contributed by atoms with E-state index in [0.29, 0.717) is 29.1 Å². The molecule has 136 valence electrons. The molecule has 0 aromatic heterocycles. The zero-order valence-electron chi connectivity index (χ0n) is 15.2. The molecule has 1 aromatic rings. The van der Waals surface area contributed by atoms with Crippen molar-refractivity contribution in [2.24, 2.45) is 0 Å². The summed E-state index contributed by atoms with van der Waals surface area (Å²) >= 11 is 6.38. The summed E-state index contributed by atoms with van der Waals surface area (Å²) in [7, 11) is 1.62. The third-order valence-electron chi connectivity index (χ3n) is 4.48. The van der Waals surface area contributed by atoms with Crippen LogP contribution in [-0.2, 0) is 5.41 Å². The molecule has 1 saturated carbocycles. The molecule has 1 aliphatic carbocycles. The Morgan fingerprint density at radius 2 is 1.96 bits per heavy atom. The Kier molecular flexibility index (Phi) is 6.79. The van der Waals surface area contributed by atoms with Crippen LogP contribution in [0.5, 0.6) is 11.5 Å². The van der Waals surface area contributed by atoms with Gasteiger partial charge in [-0.2, -0.15) is 0 Å². The molecule has 1 aliphatic rings. The highest BCUT2D eigenvalue weighted by atomic mass is 35.5. The Hall–Kier alpha value is -0.970. The lowest BCUT2D eigenvalue weighted by molar-refractivity contribution is 0.103. The van der Waals surface area contributed by atoms with Gasteiger partial charge in [0, 0.05) is 24.2 Å². The molecule has 0 heterocycles. The van der Waals surface area contributed by atoms with Crippen LogP contribution >= 0.6 is 11.6 Å². The molecule has 2 N–H and O–H groups in total. The van der Waals surface area contributed by atoms with E-state index in [4.69, 9.17) is 21.1 Å². The van der Waals surface area contributed by atoms with Gasteiger partial charge in [-0.3, -0.25) is 0 Å². The van der Waals surface area contributed by atoms with Crippen LogP contribution < -0.4 is 14.8 Å². The Morgan fingerprint density at radius 1 is 1.29 bits per heavy atom. The van der Waals surface area contributed by atoms with Gasteiger partial charge < -0.3 is 19.9 Å². The summed E-state index contributed by atoms with van der Waals surface area (Å²) < 4.78 is 11.2. The predicted molar refractivity (Wildman–Crippen MR) is 98.5 cm³/mol. The number of nitrogens with one attached hydrogen (secondary N) is 1. The lowest BCUT2D eigenvalue weighted by Crippen LogP contribution is -2.36. The molecule has 1 atom stereocenters. The van der Waals surface area contributed by atoms with E-state index in [1.807, 2.05) is 6.07 Å². The summed E-state index contributed by atoms with van der Waals surface area (Å²) in [6.45, 7) is 7.06. The van der Waals surface area contributed by atoms with Gasteiger partial charge in [-0.15, -0.1) is 0 Å². The zero-order valence-corrected chi connectivity index (χ0v) is 15.9. The van der Waals surface area contributed by atoms with Gasteiger partial charge in [-0.25, -0.2) is 0 Å². The van der Waals surface area contributed by atoms with E-state index in [2.05, 4.69) is 26.1 Å². The van der Waals surface area contributed by atoms with Crippen molar-refractivity contribution >= 4 is 11.6 Å². The molecule has 1 aromatic carbocycles. The molecule has 0 amide bonds. The summed E-state index contributed by atoms with van der Waals surface area (Å²) in [6, 6.07) is 4.23. The van der Waals surface area contributed by atoms with E-state index in [-0.39, 0.29) is 12.0 Å². The van der Waals surface area contributed by atoms with Crippen LogP contribution in [0.25, 0.3) is 0 Å². The summed E-state index contributed by atoms with van der Waals surface area (Å²) in [6.07, 6.45) is 4.40. The first-order valence-electron chi connectivity index (χ1n) is 8.73. The maximum absolute atomic E-state index is 10.2. The molecular weight excluding hydrogens is 326 g/mol. The zero-order chi connectivity index (χ0) is 17.7. The van der Waals surface area contributed by atoms with E-state index in [9.17, 15) is 5.11 Å². The standard InChI is InChI=1S/C19H30ClNO3/c1-19(2,3)16-9-15(23-4)10-17(20)18(16)24-12-14(22)11-21-13-7-5-6-8-13/h9-10,13-14,21-22H,5-8,11-12H2,1-4H3. The normalized spacial score (nSPS) is 17.1. The Morgan fingerprint density at radius 3 is 2.54 bits per heavy atom. The third-order valence-corrected chi connectivity index (χ3v) is 4.76. The number of halogens is 1. The summed E-state index contributed by atoms with van der Waals surface area (Å²) in [5, 5.41) is 14.1. The number of aliphatic hydroxyl groups is 1. The maximum Gasteiger partial charge on any atom is 0.142 e. The highest BCUT2D eigenvalue weighted by Crippen LogP contribution is 2.40. The summed E-state index contributed by atoms with van der Waals surface area (Å²) in [5.41, 5.74) is 0.836. The van der Waals surface area contributed by atoms with Gasteiger partial charge in [-0.05, 0) is 24.3 Å². The minimum Gasteiger partial charge on any atom is -0.497 e. The largest absolute Gasteiger partial charge is 0.497 e. The van der Waals surface area contributed by atoms with Gasteiger partial charge in [0.2, 0.25) is 0 Å². The van der Waals surface area contributed by atoms with Crippen molar-refractivity contribution in [2.75, 3.05) is 20.3 Å². The van der Waals surface area contributed by atoms with Crippen molar-refractivity contribution < 1.29 is 14.6 Å². The third kappa shape index (κ3) is 5.27.